The molecule has 4 rings (SSSR count). The molecule has 0 aliphatic rings. The molecule has 0 atom stereocenters. The molecule has 0 bridgehead atoms. The van der Waals surface area contributed by atoms with E-state index >= 15 is 0 Å². The van der Waals surface area contributed by atoms with Crippen LogP contribution in [-0.2, 0) is 42.3 Å². The van der Waals surface area contributed by atoms with Crippen molar-refractivity contribution < 1.29 is 26.7 Å². The molecule has 2 aromatic heterocycles. The zero-order chi connectivity index (χ0) is 22.8. The van der Waals surface area contributed by atoms with E-state index < -0.39 is 0 Å². The zero-order valence-corrected chi connectivity index (χ0v) is 21.1. The van der Waals surface area contributed by atoms with Crippen LogP contribution in [0.5, 0.6) is 0 Å². The summed E-state index contributed by atoms with van der Waals surface area (Å²) in [7, 11) is 0. The van der Waals surface area contributed by atoms with Crippen LogP contribution in [0.1, 0.15) is 19.3 Å². The molecular weight excluding hydrogens is 540 g/mol. The number of nitrogens with zero attached hydrogens (tertiary/aromatic N) is 2. The normalized spacial score (nSPS) is 10.4. The quantitative estimate of drug-likeness (QED) is 0.118. The predicted octanol–water partition coefficient (Wildman–Crippen LogP) is 6.48. The van der Waals surface area contributed by atoms with Crippen LogP contribution in [0.4, 0.5) is 11.4 Å². The second-order valence-electron chi connectivity index (χ2n) is 6.13. The summed E-state index contributed by atoms with van der Waals surface area (Å²) in [5.41, 5.74) is 1.31. The fraction of sp³-hybridized carbons (Fsp3) is 0. The van der Waals surface area contributed by atoms with E-state index in [0.717, 1.165) is 0 Å². The zero-order valence-electron chi connectivity index (χ0n) is 16.9. The van der Waals surface area contributed by atoms with Crippen molar-refractivity contribution in [1.29, 1.82) is 0 Å². The number of benzene rings is 2. The van der Waals surface area contributed by atoms with E-state index in [4.69, 9.17) is 25.3 Å². The molecule has 0 spiro atoms. The number of para-hydroxylation sites is 2. The van der Waals surface area contributed by atoms with Crippen LogP contribution in [0.15, 0.2) is 103 Å². The fourth-order valence-corrected chi connectivity index (χ4v) is 4.01. The molecule has 169 valence electrons. The third-order valence-corrected chi connectivity index (χ3v) is 6.36. The van der Waals surface area contributed by atoms with Gasteiger partial charge in [-0.1, -0.05) is 48.5 Å². The summed E-state index contributed by atoms with van der Waals surface area (Å²) in [5.74, 6) is -0.179. The predicted molar refractivity (Wildman–Crippen MR) is 138 cm³/mol. The van der Waals surface area contributed by atoms with Gasteiger partial charge in [-0.05, 0) is 35.0 Å². The maximum absolute atomic E-state index is 11.6. The van der Waals surface area contributed by atoms with E-state index in [1.807, 2.05) is 47.2 Å². The number of rotatable bonds is 6. The molecule has 4 nitrogen and oxygen atoms in total. The van der Waals surface area contributed by atoms with E-state index in [1.165, 1.54) is 35.1 Å². The summed E-state index contributed by atoms with van der Waals surface area (Å²) in [6, 6.07) is 21.8. The van der Waals surface area contributed by atoms with Crippen LogP contribution >= 0.6 is 22.7 Å². The molecule has 1 radical (unpaired) electrons. The van der Waals surface area contributed by atoms with Gasteiger partial charge in [0.1, 0.15) is 0 Å². The number of Topliss-reactive ketones (excluding diaryl/α,β-unsaturated/α-hetero) is 2. The van der Waals surface area contributed by atoms with Gasteiger partial charge in [-0.15, -0.1) is 32.5 Å². The van der Waals surface area contributed by atoms with Crippen molar-refractivity contribution in [3.63, 3.8) is 0 Å². The van der Waals surface area contributed by atoms with Crippen LogP contribution < -0.4 is 0 Å². The molecule has 0 fully saturated rings. The molecule has 0 amide bonds. The van der Waals surface area contributed by atoms with Gasteiger partial charge >= 0.3 is 17.1 Å². The van der Waals surface area contributed by atoms with E-state index in [1.54, 1.807) is 36.4 Å². The number of aliphatic imine (C=N–C) groups is 2. The Bertz CT molecular complexity index is 1140. The van der Waals surface area contributed by atoms with E-state index in [9.17, 15) is 9.59 Å². The van der Waals surface area contributed by atoms with E-state index in [-0.39, 0.29) is 28.6 Å². The van der Waals surface area contributed by atoms with Crippen LogP contribution in [0.2, 0.25) is 0 Å². The summed E-state index contributed by atoms with van der Waals surface area (Å²) < 4.78 is 0. The second-order valence-corrected chi connectivity index (χ2v) is 8.91. The van der Waals surface area contributed by atoms with Gasteiger partial charge in [-0.2, -0.15) is 0 Å². The third-order valence-electron chi connectivity index (χ3n) is 3.90. The van der Waals surface area contributed by atoms with Gasteiger partial charge in [0, 0.05) is 11.4 Å². The first-order valence-corrected chi connectivity index (χ1v) is 11.9. The maximum Gasteiger partial charge on any atom is 2.00 e. The van der Waals surface area contributed by atoms with Gasteiger partial charge in [-0.25, -0.2) is 0 Å². The molecule has 33 heavy (non-hydrogen) atoms. The molecule has 0 aliphatic carbocycles. The fourth-order valence-electron chi connectivity index (χ4n) is 2.35. The topological polar surface area (TPSA) is 58.9 Å². The van der Waals surface area contributed by atoms with Crippen molar-refractivity contribution in [1.82, 2.24) is 0 Å². The SMILES string of the molecule is O=C(C=Nc1ccccc1[S-])c1cccs1.O=C(C=Nc1ccccc1[S-])c1cccs1.[Cu+2]. The Morgan fingerprint density at radius 2 is 1.03 bits per heavy atom. The minimum atomic E-state index is -0.0896. The van der Waals surface area contributed by atoms with Crippen molar-refractivity contribution in [3.05, 3.63) is 93.3 Å². The summed E-state index contributed by atoms with van der Waals surface area (Å²) >= 11 is 13.0. The first kappa shape index (κ1) is 26.7. The van der Waals surface area contributed by atoms with Gasteiger partial charge in [-0.3, -0.25) is 19.6 Å². The first-order chi connectivity index (χ1) is 15.5. The van der Waals surface area contributed by atoms with Gasteiger partial charge < -0.3 is 25.3 Å². The molecule has 4 aromatic rings. The summed E-state index contributed by atoms with van der Waals surface area (Å²) in [6.45, 7) is 0. The monoisotopic (exact) mass is 555 g/mol. The Labute approximate surface area is 221 Å². The largest absolute Gasteiger partial charge is 2.00 e. The molecule has 2 heterocycles. The molecule has 9 heteroatoms. The van der Waals surface area contributed by atoms with Gasteiger partial charge in [0.15, 0.2) is 0 Å². The molecule has 0 saturated heterocycles. The Balaban J connectivity index is 0.000000227. The van der Waals surface area contributed by atoms with Crippen molar-refractivity contribution in [2.45, 2.75) is 9.79 Å². The molecule has 2 aromatic carbocycles. The van der Waals surface area contributed by atoms with Crippen molar-refractivity contribution in [2.24, 2.45) is 9.98 Å². The van der Waals surface area contributed by atoms with Crippen molar-refractivity contribution in [3.8, 4) is 0 Å². The number of ketones is 2. The summed E-state index contributed by atoms with van der Waals surface area (Å²) in [6.07, 6.45) is 2.63. The van der Waals surface area contributed by atoms with Gasteiger partial charge in [0.05, 0.1) is 22.2 Å². The standard InChI is InChI=1S/2C12H9NOS2.Cu/c2*14-10(12-6-3-7-16-12)8-13-9-4-1-2-5-11(9)15;/h2*1-8,15H;/q;;+2/p-2. The van der Waals surface area contributed by atoms with Crippen LogP contribution in [0.25, 0.3) is 0 Å². The smallest absolute Gasteiger partial charge is 0.778 e. The number of hydrogen-bond acceptors (Lipinski definition) is 8. The molecule has 0 aliphatic heterocycles. The Kier molecular flexibility index (Phi) is 11.3. The van der Waals surface area contributed by atoms with Gasteiger partial charge in [0.25, 0.3) is 0 Å². The first-order valence-electron chi connectivity index (χ1n) is 9.30. The minimum absolute atomic E-state index is 0. The summed E-state index contributed by atoms with van der Waals surface area (Å²) in [5, 5.41) is 3.73. The Morgan fingerprint density at radius 3 is 1.36 bits per heavy atom. The Hall–Kier alpha value is -2.52. The minimum Gasteiger partial charge on any atom is -0.778 e. The molecular formula is C24H16CuN2O2S4. The van der Waals surface area contributed by atoms with Crippen molar-refractivity contribution in [2.75, 3.05) is 0 Å². The second kappa shape index (κ2) is 13.9. The number of carbonyl (C=O) groups excluding carboxylic acids is 2. The average Bonchev–Trinajstić information content (AvgIpc) is 3.53. The van der Waals surface area contributed by atoms with E-state index in [0.29, 0.717) is 30.9 Å². The van der Waals surface area contributed by atoms with Crippen LogP contribution in [-0.4, -0.2) is 24.0 Å². The van der Waals surface area contributed by atoms with E-state index in [2.05, 4.69) is 9.98 Å². The molecule has 0 saturated carbocycles. The number of thiophene rings is 2. The van der Waals surface area contributed by atoms with Crippen LogP contribution in [0.3, 0.4) is 0 Å². The maximum atomic E-state index is 11.6. The van der Waals surface area contributed by atoms with Crippen LogP contribution in [0, 0.1) is 0 Å². The molecule has 0 N–H and O–H groups in total. The third kappa shape index (κ3) is 8.40. The average molecular weight is 556 g/mol. The van der Waals surface area contributed by atoms with Gasteiger partial charge in [0.2, 0.25) is 11.6 Å². The number of hydrogen-bond donors (Lipinski definition) is 0. The molecule has 0 unspecified atom stereocenters. The summed E-state index contributed by atoms with van der Waals surface area (Å²) in [4.78, 5) is 34.1. The number of carbonyl (C=O) groups is 2. The van der Waals surface area contributed by atoms with Crippen molar-refractivity contribution >= 4 is 83.3 Å². The Morgan fingerprint density at radius 1 is 0.636 bits per heavy atom.